The summed E-state index contributed by atoms with van der Waals surface area (Å²) in [6, 6.07) is 10.8. The smallest absolute Gasteiger partial charge is 0.306 e. The highest BCUT2D eigenvalue weighted by molar-refractivity contribution is 7.17. The van der Waals surface area contributed by atoms with Crippen LogP contribution in [-0.4, -0.2) is 66.2 Å². The predicted octanol–water partition coefficient (Wildman–Crippen LogP) is 5.91. The Bertz CT molecular complexity index is 1540. The third-order valence-corrected chi connectivity index (χ3v) is 9.94. The number of rotatable bonds is 11. The van der Waals surface area contributed by atoms with Gasteiger partial charge in [-0.1, -0.05) is 41.4 Å². The van der Waals surface area contributed by atoms with E-state index in [1.807, 2.05) is 47.8 Å². The fourth-order valence-electron chi connectivity index (χ4n) is 5.92. The molecule has 9 nitrogen and oxygen atoms in total. The highest BCUT2D eigenvalue weighted by Crippen LogP contribution is 2.33. The van der Waals surface area contributed by atoms with E-state index in [1.54, 1.807) is 18.3 Å². The first-order valence-corrected chi connectivity index (χ1v) is 16.3. The van der Waals surface area contributed by atoms with Gasteiger partial charge in [0.15, 0.2) is 0 Å². The quantitative estimate of drug-likeness (QED) is 0.202. The summed E-state index contributed by atoms with van der Waals surface area (Å²) in [5.74, 6) is -1.44. The van der Waals surface area contributed by atoms with Crippen LogP contribution in [0, 0.1) is 5.92 Å². The van der Waals surface area contributed by atoms with Crippen LogP contribution in [0.2, 0.25) is 10.0 Å². The van der Waals surface area contributed by atoms with E-state index in [4.69, 9.17) is 27.9 Å². The van der Waals surface area contributed by atoms with Crippen molar-refractivity contribution in [1.82, 2.24) is 15.5 Å². The Morgan fingerprint density at radius 1 is 1.09 bits per heavy atom. The number of halogens is 2. The molecule has 2 amide bonds. The van der Waals surface area contributed by atoms with Crippen LogP contribution in [0.5, 0.6) is 0 Å². The molecule has 0 unspecified atom stereocenters. The Balaban J connectivity index is 1.24. The lowest BCUT2D eigenvalue weighted by Crippen LogP contribution is -2.41. The first-order chi connectivity index (χ1) is 21.2. The van der Waals surface area contributed by atoms with Gasteiger partial charge in [-0.15, -0.1) is 11.3 Å². The minimum absolute atomic E-state index is 0.0122. The van der Waals surface area contributed by atoms with Crippen LogP contribution in [0.25, 0.3) is 10.1 Å². The van der Waals surface area contributed by atoms with Gasteiger partial charge in [0.2, 0.25) is 5.91 Å². The molecule has 4 N–H and O–H groups in total. The predicted molar refractivity (Wildman–Crippen MR) is 175 cm³/mol. The van der Waals surface area contributed by atoms with Crippen LogP contribution in [-0.2, 0) is 20.7 Å². The molecule has 3 aromatic rings. The van der Waals surface area contributed by atoms with Crippen molar-refractivity contribution in [1.29, 1.82) is 0 Å². The molecule has 0 radical (unpaired) electrons. The molecule has 1 aromatic heterocycles. The van der Waals surface area contributed by atoms with Crippen molar-refractivity contribution in [2.75, 3.05) is 25.5 Å². The molecule has 1 aliphatic carbocycles. The molecular formula is C32H36Cl2N4O5S. The molecule has 2 heterocycles. The number of likely N-dealkylation sites (tertiary alicyclic amines) is 1. The Morgan fingerprint density at radius 3 is 2.61 bits per heavy atom. The van der Waals surface area contributed by atoms with Crippen molar-refractivity contribution in [2.45, 2.75) is 56.7 Å². The van der Waals surface area contributed by atoms with E-state index in [2.05, 4.69) is 16.0 Å². The van der Waals surface area contributed by atoms with Crippen LogP contribution in [0.4, 0.5) is 5.69 Å². The Morgan fingerprint density at radius 2 is 1.86 bits per heavy atom. The van der Waals surface area contributed by atoms with Gasteiger partial charge in [-0.3, -0.25) is 14.4 Å². The molecule has 2 atom stereocenters. The number of anilines is 1. The average molecular weight is 660 g/mol. The van der Waals surface area contributed by atoms with Gasteiger partial charge in [-0.2, -0.15) is 0 Å². The molecule has 12 heteroatoms. The van der Waals surface area contributed by atoms with Crippen molar-refractivity contribution >= 4 is 68.1 Å². The summed E-state index contributed by atoms with van der Waals surface area (Å²) in [6.07, 6.45) is 6.96. The van der Waals surface area contributed by atoms with Gasteiger partial charge >= 0.3 is 5.97 Å². The van der Waals surface area contributed by atoms with Gasteiger partial charge < -0.3 is 30.7 Å². The fourth-order valence-corrected chi connectivity index (χ4v) is 7.32. The topological polar surface area (TPSA) is 120 Å². The Kier molecular flexibility index (Phi) is 10.7. The standard InChI is InChI=1S/C32H36Cl2N4O5S/c1-35-10-11-36-21-14-22(17-43-23-8-6-19(7-9-23)32(41)42)38(16-21)30(39)13-20-12-27(34)28(15-26(20)33)37-31(40)25-18-44-29-5-3-2-4-24(25)29/h2-5,10-12,15,18-19,21-23,35-36H,6-9,13-14,16-17H2,1H3,(H,37,40)(H,41,42)/b11-10-/t19-,21-,22-,23-/m0/s1. The Hall–Kier alpha value is -3.31. The van der Waals surface area contributed by atoms with Gasteiger partial charge in [0, 0.05) is 52.5 Å². The van der Waals surface area contributed by atoms with E-state index in [0.717, 1.165) is 10.1 Å². The van der Waals surface area contributed by atoms with Crippen molar-refractivity contribution < 1.29 is 24.2 Å². The molecule has 0 spiro atoms. The molecule has 44 heavy (non-hydrogen) atoms. The number of nitrogens with zero attached hydrogens (tertiary/aromatic N) is 1. The number of carbonyl (C=O) groups excluding carboxylic acids is 2. The molecule has 2 aromatic carbocycles. The largest absolute Gasteiger partial charge is 0.481 e. The number of carbonyl (C=O) groups is 3. The van der Waals surface area contributed by atoms with Gasteiger partial charge in [-0.25, -0.2) is 0 Å². The molecule has 2 fully saturated rings. The molecule has 1 aliphatic heterocycles. The number of amides is 2. The summed E-state index contributed by atoms with van der Waals surface area (Å²) in [4.78, 5) is 39.8. The lowest BCUT2D eigenvalue weighted by molar-refractivity contribution is -0.144. The summed E-state index contributed by atoms with van der Waals surface area (Å²) >= 11 is 14.7. The number of nitrogens with one attached hydrogen (secondary N) is 3. The molecule has 5 rings (SSSR count). The van der Waals surface area contributed by atoms with Crippen LogP contribution in [0.15, 0.2) is 54.2 Å². The van der Waals surface area contributed by atoms with Crippen molar-refractivity contribution in [3.63, 3.8) is 0 Å². The van der Waals surface area contributed by atoms with E-state index in [0.29, 0.717) is 72.1 Å². The lowest BCUT2D eigenvalue weighted by Gasteiger charge is -2.30. The van der Waals surface area contributed by atoms with Crippen molar-refractivity contribution in [2.24, 2.45) is 5.92 Å². The fraction of sp³-hybridized carbons (Fsp3) is 0.406. The van der Waals surface area contributed by atoms with Crippen LogP contribution >= 0.6 is 34.5 Å². The van der Waals surface area contributed by atoms with Gasteiger partial charge in [0.05, 0.1) is 47.4 Å². The van der Waals surface area contributed by atoms with E-state index >= 15 is 0 Å². The number of hydrogen-bond acceptors (Lipinski definition) is 7. The highest BCUT2D eigenvalue weighted by atomic mass is 35.5. The summed E-state index contributed by atoms with van der Waals surface area (Å²) in [7, 11) is 1.81. The molecule has 234 valence electrons. The number of carboxylic acid groups (broad SMARTS) is 1. The zero-order chi connectivity index (χ0) is 31.2. The summed E-state index contributed by atoms with van der Waals surface area (Å²) < 4.78 is 7.24. The zero-order valence-electron chi connectivity index (χ0n) is 24.4. The van der Waals surface area contributed by atoms with Gasteiger partial charge in [0.25, 0.3) is 5.91 Å². The van der Waals surface area contributed by atoms with Crippen molar-refractivity contribution in [3.8, 4) is 0 Å². The van der Waals surface area contributed by atoms with Crippen LogP contribution < -0.4 is 16.0 Å². The van der Waals surface area contributed by atoms with Gasteiger partial charge in [0.1, 0.15) is 0 Å². The molecule has 1 saturated carbocycles. The number of hydrogen-bond donors (Lipinski definition) is 4. The summed E-state index contributed by atoms with van der Waals surface area (Å²) in [6.45, 7) is 0.875. The number of aliphatic carboxylic acids is 1. The maximum atomic E-state index is 13.7. The minimum atomic E-state index is -0.746. The second kappa shape index (κ2) is 14.6. The number of ether oxygens (including phenoxy) is 1. The summed E-state index contributed by atoms with van der Waals surface area (Å²) in [5, 5.41) is 21.8. The average Bonchev–Trinajstić information content (AvgIpc) is 3.63. The first kappa shape index (κ1) is 32.1. The number of fused-ring (bicyclic) bond motifs is 1. The van der Waals surface area contributed by atoms with E-state index < -0.39 is 5.97 Å². The van der Waals surface area contributed by atoms with Crippen LogP contribution in [0.3, 0.4) is 0 Å². The zero-order valence-corrected chi connectivity index (χ0v) is 26.7. The SMILES string of the molecule is CN/C=C\N[C@H]1C[C@@H](CO[C@H]2CC[C@H](C(=O)O)CC2)N(C(=O)Cc2cc(Cl)c(NC(=O)c3csc4ccccc34)cc2Cl)C1. The normalized spacial score (nSPS) is 21.9. The highest BCUT2D eigenvalue weighted by Gasteiger charge is 2.36. The maximum absolute atomic E-state index is 13.7. The first-order valence-electron chi connectivity index (χ1n) is 14.7. The lowest BCUT2D eigenvalue weighted by atomic mass is 9.87. The Labute approximate surface area is 270 Å². The second-order valence-electron chi connectivity index (χ2n) is 11.3. The molecular weight excluding hydrogens is 623 g/mol. The van der Waals surface area contributed by atoms with Crippen LogP contribution in [0.1, 0.15) is 48.0 Å². The van der Waals surface area contributed by atoms with E-state index in [-0.39, 0.29) is 42.3 Å². The summed E-state index contributed by atoms with van der Waals surface area (Å²) in [5.41, 5.74) is 1.50. The van der Waals surface area contributed by atoms with E-state index in [1.165, 1.54) is 11.3 Å². The second-order valence-corrected chi connectivity index (χ2v) is 13.0. The molecule has 2 aliphatic rings. The maximum Gasteiger partial charge on any atom is 0.306 e. The van der Waals surface area contributed by atoms with E-state index in [9.17, 15) is 19.5 Å². The monoisotopic (exact) mass is 658 g/mol. The number of carboxylic acids is 1. The minimum Gasteiger partial charge on any atom is -0.481 e. The van der Waals surface area contributed by atoms with Crippen molar-refractivity contribution in [3.05, 3.63) is 75.4 Å². The number of thiophene rings is 1. The third-order valence-electron chi connectivity index (χ3n) is 8.32. The molecule has 1 saturated heterocycles. The third kappa shape index (κ3) is 7.66. The van der Waals surface area contributed by atoms with Gasteiger partial charge in [-0.05, 0) is 55.9 Å². The molecule has 0 bridgehead atoms. The number of benzene rings is 2.